The van der Waals surface area contributed by atoms with E-state index in [2.05, 4.69) is 17.1 Å². The first-order valence-electron chi connectivity index (χ1n) is 15.7. The number of alkyl halides is 3. The van der Waals surface area contributed by atoms with Crippen LogP contribution in [0.25, 0.3) is 11.1 Å². The zero-order valence-corrected chi connectivity index (χ0v) is 26.1. The maximum absolute atomic E-state index is 13.7. The largest absolute Gasteiger partial charge is 0.463 e. The van der Waals surface area contributed by atoms with E-state index < -0.39 is 17.2 Å². The smallest absolute Gasteiger partial charge is 0.416 e. The first-order chi connectivity index (χ1) is 21.4. The number of carbonyl (C=O) groups is 2. The summed E-state index contributed by atoms with van der Waals surface area (Å²) in [6.07, 6.45) is -0.550. The van der Waals surface area contributed by atoms with Crippen LogP contribution >= 0.6 is 0 Å². The van der Waals surface area contributed by atoms with Crippen LogP contribution in [0.5, 0.6) is 0 Å². The Morgan fingerprint density at radius 3 is 2.16 bits per heavy atom. The van der Waals surface area contributed by atoms with Gasteiger partial charge in [0.2, 0.25) is 0 Å². The third-order valence-corrected chi connectivity index (χ3v) is 8.73. The van der Waals surface area contributed by atoms with Gasteiger partial charge in [0.1, 0.15) is 5.82 Å². The van der Waals surface area contributed by atoms with Crippen molar-refractivity contribution in [2.75, 3.05) is 19.6 Å². The molecule has 45 heavy (non-hydrogen) atoms. The topological polar surface area (TPSA) is 58.6 Å². The quantitative estimate of drug-likeness (QED) is 0.163. The molecule has 1 aliphatic heterocycles. The van der Waals surface area contributed by atoms with Crippen LogP contribution in [0.4, 0.5) is 17.6 Å². The van der Waals surface area contributed by atoms with E-state index in [1.807, 2.05) is 13.8 Å². The lowest BCUT2D eigenvalue weighted by molar-refractivity contribution is -0.149. The monoisotopic (exact) mass is 626 g/mol. The molecule has 1 aliphatic rings. The molecular weight excluding hydrogens is 584 g/mol. The standard InChI is InChI=1S/C36H42F4N2O3/c1-4-35(24-33(43)45-25(2)3,27-14-16-29(37)17-15-27)20-7-21-42-22-18-30(19-23-42)41-34(44)32-9-6-5-8-31(32)26-10-12-28(13-11-26)36(38,39)40/h5-6,8-17,25,30H,4,7,18-24H2,1-3H3,(H,41,44). The molecule has 242 valence electrons. The second kappa shape index (κ2) is 15.0. The zero-order chi connectivity index (χ0) is 32.6. The number of rotatable bonds is 12. The van der Waals surface area contributed by atoms with E-state index in [0.717, 1.165) is 63.0 Å². The molecule has 0 aliphatic carbocycles. The minimum Gasteiger partial charge on any atom is -0.463 e. The van der Waals surface area contributed by atoms with E-state index >= 15 is 0 Å². The van der Waals surface area contributed by atoms with Gasteiger partial charge in [-0.1, -0.05) is 49.4 Å². The van der Waals surface area contributed by atoms with E-state index in [4.69, 9.17) is 4.74 Å². The van der Waals surface area contributed by atoms with E-state index in [1.165, 1.54) is 24.3 Å². The van der Waals surface area contributed by atoms with Crippen LogP contribution in [-0.4, -0.2) is 48.6 Å². The molecule has 0 saturated carbocycles. The predicted molar refractivity (Wildman–Crippen MR) is 167 cm³/mol. The SMILES string of the molecule is CCC(CCCN1CCC(NC(=O)c2ccccc2-c2ccc(C(F)(F)F)cc2)CC1)(CC(=O)OC(C)C)c1ccc(F)cc1. The fourth-order valence-corrected chi connectivity index (χ4v) is 6.20. The van der Waals surface area contributed by atoms with Crippen molar-refractivity contribution in [1.29, 1.82) is 0 Å². The molecule has 1 N–H and O–H groups in total. The van der Waals surface area contributed by atoms with Gasteiger partial charge < -0.3 is 15.0 Å². The number of amides is 1. The summed E-state index contributed by atoms with van der Waals surface area (Å²) in [4.78, 5) is 28.4. The molecule has 1 saturated heterocycles. The first-order valence-corrected chi connectivity index (χ1v) is 15.7. The highest BCUT2D eigenvalue weighted by molar-refractivity contribution is 6.01. The Labute approximate surface area is 263 Å². The van der Waals surface area contributed by atoms with Gasteiger partial charge in [0.05, 0.1) is 18.1 Å². The number of carbonyl (C=O) groups excluding carboxylic acids is 2. The van der Waals surface area contributed by atoms with Gasteiger partial charge in [0, 0.05) is 30.1 Å². The van der Waals surface area contributed by atoms with Crippen molar-refractivity contribution in [1.82, 2.24) is 10.2 Å². The molecule has 5 nitrogen and oxygen atoms in total. The molecule has 3 aromatic rings. The lowest BCUT2D eigenvalue weighted by Gasteiger charge is -2.36. The summed E-state index contributed by atoms with van der Waals surface area (Å²) in [5.41, 5.74) is 1.30. The fraction of sp³-hybridized carbons (Fsp3) is 0.444. The molecule has 3 aromatic carbocycles. The molecule has 0 radical (unpaired) electrons. The van der Waals surface area contributed by atoms with Crippen molar-refractivity contribution in [2.45, 2.75) is 83.0 Å². The summed E-state index contributed by atoms with van der Waals surface area (Å²) >= 11 is 0. The highest BCUT2D eigenvalue weighted by atomic mass is 19.4. The summed E-state index contributed by atoms with van der Waals surface area (Å²) in [6.45, 7) is 8.14. The number of hydrogen-bond donors (Lipinski definition) is 1. The Balaban J connectivity index is 1.33. The van der Waals surface area contributed by atoms with Gasteiger partial charge in [-0.2, -0.15) is 13.2 Å². The first kappa shape index (κ1) is 34.2. The third kappa shape index (κ3) is 9.16. The molecule has 1 amide bonds. The number of benzene rings is 3. The number of esters is 1. The van der Waals surface area contributed by atoms with E-state index in [1.54, 1.807) is 36.4 Å². The molecule has 0 aromatic heterocycles. The predicted octanol–water partition coefficient (Wildman–Crippen LogP) is 8.18. The molecule has 9 heteroatoms. The number of ether oxygens (including phenoxy) is 1. The van der Waals surface area contributed by atoms with Gasteiger partial charge in [-0.25, -0.2) is 4.39 Å². The van der Waals surface area contributed by atoms with E-state index in [-0.39, 0.29) is 36.3 Å². The summed E-state index contributed by atoms with van der Waals surface area (Å²) in [7, 11) is 0. The summed E-state index contributed by atoms with van der Waals surface area (Å²) in [5, 5.41) is 3.13. The number of piperidine rings is 1. The number of nitrogens with one attached hydrogen (secondary N) is 1. The second-order valence-corrected chi connectivity index (χ2v) is 12.2. The Morgan fingerprint density at radius 2 is 1.56 bits per heavy atom. The molecule has 1 heterocycles. The van der Waals surface area contributed by atoms with E-state index in [9.17, 15) is 27.2 Å². The van der Waals surface area contributed by atoms with Crippen LogP contribution in [0.1, 0.15) is 80.8 Å². The van der Waals surface area contributed by atoms with Gasteiger partial charge in [-0.15, -0.1) is 0 Å². The minimum absolute atomic E-state index is 0.0193. The van der Waals surface area contributed by atoms with Crippen LogP contribution in [0.2, 0.25) is 0 Å². The summed E-state index contributed by atoms with van der Waals surface area (Å²) < 4.78 is 58.3. The molecule has 0 spiro atoms. The second-order valence-electron chi connectivity index (χ2n) is 12.2. The minimum atomic E-state index is -4.42. The molecule has 1 fully saturated rings. The average Bonchev–Trinajstić information content (AvgIpc) is 3.01. The summed E-state index contributed by atoms with van der Waals surface area (Å²) in [6, 6.07) is 18.2. The maximum Gasteiger partial charge on any atom is 0.416 e. The fourth-order valence-electron chi connectivity index (χ4n) is 6.20. The Bertz CT molecular complexity index is 1420. The zero-order valence-electron chi connectivity index (χ0n) is 26.1. The van der Waals surface area contributed by atoms with Crippen molar-refractivity contribution < 1.29 is 31.9 Å². The van der Waals surface area contributed by atoms with Crippen LogP contribution in [-0.2, 0) is 21.1 Å². The van der Waals surface area contributed by atoms with Crippen LogP contribution in [0.3, 0.4) is 0 Å². The highest BCUT2D eigenvalue weighted by Gasteiger charge is 2.34. The van der Waals surface area contributed by atoms with Gasteiger partial charge >= 0.3 is 12.1 Å². The highest BCUT2D eigenvalue weighted by Crippen LogP contribution is 2.38. The maximum atomic E-state index is 13.7. The Kier molecular flexibility index (Phi) is 11.4. The molecule has 4 rings (SSSR count). The van der Waals surface area contributed by atoms with Crippen LogP contribution in [0.15, 0.2) is 72.8 Å². The molecule has 1 atom stereocenters. The lowest BCUT2D eigenvalue weighted by atomic mass is 9.72. The summed E-state index contributed by atoms with van der Waals surface area (Å²) in [5.74, 6) is -0.816. The van der Waals surface area contributed by atoms with Gasteiger partial charge in [-0.3, -0.25) is 9.59 Å². The van der Waals surface area contributed by atoms with Crippen molar-refractivity contribution in [2.24, 2.45) is 0 Å². The van der Waals surface area contributed by atoms with Gasteiger partial charge in [-0.05, 0) is 99.5 Å². The van der Waals surface area contributed by atoms with Crippen molar-refractivity contribution >= 4 is 11.9 Å². The normalized spacial score (nSPS) is 15.9. The van der Waals surface area contributed by atoms with Crippen molar-refractivity contribution in [3.8, 4) is 11.1 Å². The van der Waals surface area contributed by atoms with Crippen molar-refractivity contribution in [3.05, 3.63) is 95.3 Å². The van der Waals surface area contributed by atoms with Crippen LogP contribution in [0, 0.1) is 5.82 Å². The van der Waals surface area contributed by atoms with Gasteiger partial charge in [0.25, 0.3) is 5.91 Å². The molecule has 1 unspecified atom stereocenters. The number of hydrogen-bond acceptors (Lipinski definition) is 4. The van der Waals surface area contributed by atoms with Crippen LogP contribution < -0.4 is 5.32 Å². The van der Waals surface area contributed by atoms with Gasteiger partial charge in [0.15, 0.2) is 0 Å². The molecule has 0 bridgehead atoms. The third-order valence-electron chi connectivity index (χ3n) is 8.73. The van der Waals surface area contributed by atoms with Crippen molar-refractivity contribution in [3.63, 3.8) is 0 Å². The Morgan fingerprint density at radius 1 is 0.933 bits per heavy atom. The average molecular weight is 627 g/mol. The Hall–Kier alpha value is -3.72. The number of halogens is 4. The number of likely N-dealkylation sites (tertiary alicyclic amines) is 1. The number of nitrogens with zero attached hydrogens (tertiary/aromatic N) is 1. The molecular formula is C36H42F4N2O3. The lowest BCUT2D eigenvalue weighted by Crippen LogP contribution is -2.45. The van der Waals surface area contributed by atoms with E-state index in [0.29, 0.717) is 23.1 Å².